The first-order valence-corrected chi connectivity index (χ1v) is 6.25. The van der Waals surface area contributed by atoms with Gasteiger partial charge < -0.3 is 9.84 Å². The highest BCUT2D eigenvalue weighted by atomic mass is 19.1. The van der Waals surface area contributed by atoms with Gasteiger partial charge in [0.05, 0.1) is 19.1 Å². The van der Waals surface area contributed by atoms with E-state index in [1.165, 1.54) is 12.1 Å². The van der Waals surface area contributed by atoms with Gasteiger partial charge in [0.2, 0.25) is 0 Å². The Labute approximate surface area is 111 Å². The molecule has 0 spiro atoms. The van der Waals surface area contributed by atoms with Crippen molar-refractivity contribution in [3.63, 3.8) is 0 Å². The van der Waals surface area contributed by atoms with E-state index in [9.17, 15) is 9.18 Å². The van der Waals surface area contributed by atoms with Crippen LogP contribution in [0.4, 0.5) is 4.39 Å². The number of hydrogen-bond donors (Lipinski definition) is 1. The Hall–Kier alpha value is -1.46. The normalized spacial score (nSPS) is 22.9. The molecule has 1 saturated heterocycles. The quantitative estimate of drug-likeness (QED) is 0.901. The lowest BCUT2D eigenvalue weighted by molar-refractivity contribution is -0.143. The van der Waals surface area contributed by atoms with Gasteiger partial charge in [-0.05, 0) is 37.2 Å². The number of carboxylic acid groups (broad SMARTS) is 1. The third kappa shape index (κ3) is 3.11. The van der Waals surface area contributed by atoms with Crippen molar-refractivity contribution >= 4 is 5.97 Å². The summed E-state index contributed by atoms with van der Waals surface area (Å²) in [6.07, 6.45) is 0. The minimum atomic E-state index is -0.842. The van der Waals surface area contributed by atoms with Gasteiger partial charge in [0.25, 0.3) is 0 Å². The van der Waals surface area contributed by atoms with E-state index in [4.69, 9.17) is 9.84 Å². The van der Waals surface area contributed by atoms with Crippen LogP contribution in [-0.2, 0) is 16.1 Å². The number of aryl methyl sites for hydroxylation is 1. The van der Waals surface area contributed by atoms with Crippen LogP contribution in [0.1, 0.15) is 11.1 Å². The minimum absolute atomic E-state index is 0.167. The monoisotopic (exact) mass is 267 g/mol. The first-order valence-electron chi connectivity index (χ1n) is 6.25. The van der Waals surface area contributed by atoms with Crippen molar-refractivity contribution in [2.45, 2.75) is 19.5 Å². The largest absolute Gasteiger partial charge is 0.481 e. The van der Waals surface area contributed by atoms with Gasteiger partial charge >= 0.3 is 5.97 Å². The molecule has 1 fully saturated rings. The average molecular weight is 267 g/mol. The van der Waals surface area contributed by atoms with Gasteiger partial charge in [0.15, 0.2) is 0 Å². The van der Waals surface area contributed by atoms with Crippen molar-refractivity contribution in [3.8, 4) is 0 Å². The van der Waals surface area contributed by atoms with Crippen LogP contribution in [0, 0.1) is 18.7 Å². The summed E-state index contributed by atoms with van der Waals surface area (Å²) in [6.45, 7) is 3.08. The zero-order valence-corrected chi connectivity index (χ0v) is 11.1. The molecule has 1 N–H and O–H groups in total. The summed E-state index contributed by atoms with van der Waals surface area (Å²) in [7, 11) is 1.85. The Kier molecular flexibility index (Phi) is 4.17. The second-order valence-electron chi connectivity index (χ2n) is 5.04. The van der Waals surface area contributed by atoms with Crippen molar-refractivity contribution < 1.29 is 19.0 Å². The molecule has 4 nitrogen and oxygen atoms in total. The fourth-order valence-electron chi connectivity index (χ4n) is 2.41. The minimum Gasteiger partial charge on any atom is -0.481 e. The summed E-state index contributed by atoms with van der Waals surface area (Å²) in [5, 5.41) is 9.13. The van der Waals surface area contributed by atoms with E-state index in [0.717, 1.165) is 11.1 Å². The van der Waals surface area contributed by atoms with Crippen molar-refractivity contribution in [3.05, 3.63) is 35.1 Å². The van der Waals surface area contributed by atoms with E-state index in [0.29, 0.717) is 13.2 Å². The zero-order chi connectivity index (χ0) is 14.0. The molecule has 104 valence electrons. The first-order chi connectivity index (χ1) is 8.99. The summed E-state index contributed by atoms with van der Waals surface area (Å²) in [4.78, 5) is 13.0. The molecule has 1 aromatic carbocycles. The standard InChI is InChI=1S/C14H18FNO3/c1-9-3-4-11(15)5-10(9)6-16(2)13-8-19-7-12(13)14(17)18/h3-5,12-13H,6-8H2,1-2H3,(H,17,18). The molecular formula is C14H18FNO3. The smallest absolute Gasteiger partial charge is 0.310 e. The molecule has 2 rings (SSSR count). The molecule has 2 unspecified atom stereocenters. The Morgan fingerprint density at radius 3 is 2.95 bits per heavy atom. The van der Waals surface area contributed by atoms with Crippen LogP contribution in [0.2, 0.25) is 0 Å². The number of likely N-dealkylation sites (N-methyl/N-ethyl adjacent to an activating group) is 1. The van der Waals surface area contributed by atoms with Crippen LogP contribution >= 0.6 is 0 Å². The maximum absolute atomic E-state index is 13.2. The fraction of sp³-hybridized carbons (Fsp3) is 0.500. The molecule has 1 aromatic rings. The van der Waals surface area contributed by atoms with Crippen molar-refractivity contribution in [2.75, 3.05) is 20.3 Å². The first kappa shape index (κ1) is 14.0. The fourth-order valence-corrected chi connectivity index (χ4v) is 2.41. The number of benzene rings is 1. The number of ether oxygens (including phenoxy) is 1. The number of nitrogens with zero attached hydrogens (tertiary/aromatic N) is 1. The summed E-state index contributed by atoms with van der Waals surface area (Å²) in [6, 6.07) is 4.49. The van der Waals surface area contributed by atoms with E-state index in [2.05, 4.69) is 0 Å². The number of aliphatic carboxylic acids is 1. The third-order valence-electron chi connectivity index (χ3n) is 3.66. The van der Waals surface area contributed by atoms with Crippen molar-refractivity contribution in [2.24, 2.45) is 5.92 Å². The van der Waals surface area contributed by atoms with E-state index >= 15 is 0 Å². The Morgan fingerprint density at radius 1 is 1.53 bits per heavy atom. The molecule has 1 aliphatic heterocycles. The number of carbonyl (C=O) groups is 1. The maximum Gasteiger partial charge on any atom is 0.310 e. The van der Waals surface area contributed by atoms with E-state index in [1.54, 1.807) is 6.07 Å². The molecule has 19 heavy (non-hydrogen) atoms. The second kappa shape index (κ2) is 5.67. The highest BCUT2D eigenvalue weighted by molar-refractivity contribution is 5.71. The van der Waals surface area contributed by atoms with Crippen LogP contribution < -0.4 is 0 Å². The average Bonchev–Trinajstić information content (AvgIpc) is 2.83. The summed E-state index contributed by atoms with van der Waals surface area (Å²) >= 11 is 0. The lowest BCUT2D eigenvalue weighted by atomic mass is 10.0. The summed E-state index contributed by atoms with van der Waals surface area (Å²) in [5.41, 5.74) is 1.87. The molecule has 1 heterocycles. The molecule has 0 aliphatic carbocycles. The SMILES string of the molecule is Cc1ccc(F)cc1CN(C)C1COCC1C(=O)O. The summed E-state index contributed by atoms with van der Waals surface area (Å²) in [5.74, 6) is -1.63. The highest BCUT2D eigenvalue weighted by Gasteiger charge is 2.36. The van der Waals surface area contributed by atoms with E-state index in [-0.39, 0.29) is 18.5 Å². The van der Waals surface area contributed by atoms with Gasteiger partial charge in [-0.1, -0.05) is 6.07 Å². The number of hydrogen-bond acceptors (Lipinski definition) is 3. The Balaban J connectivity index is 2.10. The molecule has 2 atom stereocenters. The van der Waals surface area contributed by atoms with Gasteiger partial charge in [-0.3, -0.25) is 9.69 Å². The van der Waals surface area contributed by atoms with Gasteiger partial charge in [-0.15, -0.1) is 0 Å². The highest BCUT2D eigenvalue weighted by Crippen LogP contribution is 2.22. The zero-order valence-electron chi connectivity index (χ0n) is 11.1. The number of carboxylic acids is 1. The molecule has 1 aliphatic rings. The number of rotatable bonds is 4. The number of halogens is 1. The lowest BCUT2D eigenvalue weighted by Crippen LogP contribution is -2.40. The Morgan fingerprint density at radius 2 is 2.26 bits per heavy atom. The molecule has 0 aromatic heterocycles. The lowest BCUT2D eigenvalue weighted by Gasteiger charge is -2.26. The predicted octanol–water partition coefficient (Wildman–Crippen LogP) is 1.67. The van der Waals surface area contributed by atoms with Crippen LogP contribution in [-0.4, -0.2) is 42.3 Å². The third-order valence-corrected chi connectivity index (χ3v) is 3.66. The van der Waals surface area contributed by atoms with Crippen LogP contribution in [0.15, 0.2) is 18.2 Å². The maximum atomic E-state index is 13.2. The van der Waals surface area contributed by atoms with Gasteiger partial charge in [0, 0.05) is 12.6 Å². The molecule has 5 heteroatoms. The topological polar surface area (TPSA) is 49.8 Å². The van der Waals surface area contributed by atoms with Crippen LogP contribution in [0.3, 0.4) is 0 Å². The molecular weight excluding hydrogens is 249 g/mol. The molecule has 0 bridgehead atoms. The summed E-state index contributed by atoms with van der Waals surface area (Å²) < 4.78 is 18.5. The van der Waals surface area contributed by atoms with Crippen molar-refractivity contribution in [1.29, 1.82) is 0 Å². The molecule has 0 amide bonds. The van der Waals surface area contributed by atoms with Gasteiger partial charge in [-0.25, -0.2) is 4.39 Å². The van der Waals surface area contributed by atoms with E-state index in [1.807, 2.05) is 18.9 Å². The molecule has 0 saturated carbocycles. The van der Waals surface area contributed by atoms with E-state index < -0.39 is 11.9 Å². The second-order valence-corrected chi connectivity index (χ2v) is 5.04. The van der Waals surface area contributed by atoms with Gasteiger partial charge in [-0.2, -0.15) is 0 Å². The molecule has 0 radical (unpaired) electrons. The Bertz CT molecular complexity index is 478. The van der Waals surface area contributed by atoms with Crippen molar-refractivity contribution in [1.82, 2.24) is 4.90 Å². The van der Waals surface area contributed by atoms with Crippen LogP contribution in [0.25, 0.3) is 0 Å². The predicted molar refractivity (Wildman–Crippen MR) is 68.3 cm³/mol. The van der Waals surface area contributed by atoms with Crippen LogP contribution in [0.5, 0.6) is 0 Å². The van der Waals surface area contributed by atoms with Gasteiger partial charge in [0.1, 0.15) is 5.82 Å².